The number of hydrogen-bond acceptors (Lipinski definition) is 4. The molecular weight excluding hydrogens is 330 g/mol. The van der Waals surface area contributed by atoms with Crippen molar-refractivity contribution in [1.29, 1.82) is 0 Å². The Labute approximate surface area is 152 Å². The van der Waals surface area contributed by atoms with Crippen LogP contribution in [0.5, 0.6) is 5.75 Å². The van der Waals surface area contributed by atoms with Crippen LogP contribution in [0.1, 0.15) is 45.7 Å². The zero-order chi connectivity index (χ0) is 19.3. The second-order valence-corrected chi connectivity index (χ2v) is 8.05. The van der Waals surface area contributed by atoms with E-state index in [9.17, 15) is 15.0 Å². The summed E-state index contributed by atoms with van der Waals surface area (Å²) in [4.78, 5) is 13.1. The van der Waals surface area contributed by atoms with E-state index in [4.69, 9.17) is 0 Å². The number of aromatic nitrogens is 3. The summed E-state index contributed by atoms with van der Waals surface area (Å²) in [6.45, 7) is 9.19. The number of carboxylic acid groups (broad SMARTS) is 1. The molecule has 0 fully saturated rings. The van der Waals surface area contributed by atoms with Crippen LogP contribution in [0.15, 0.2) is 36.4 Å². The van der Waals surface area contributed by atoms with Crippen molar-refractivity contribution >= 4 is 17.0 Å². The Morgan fingerprint density at radius 3 is 2.00 bits per heavy atom. The maximum absolute atomic E-state index is 11.8. The van der Waals surface area contributed by atoms with Gasteiger partial charge in [-0.2, -0.15) is 0 Å². The molecule has 0 saturated carbocycles. The first kappa shape index (κ1) is 17.9. The molecule has 136 valence electrons. The van der Waals surface area contributed by atoms with Crippen LogP contribution in [0, 0.1) is 0 Å². The first-order valence-corrected chi connectivity index (χ1v) is 8.45. The molecule has 0 atom stereocenters. The van der Waals surface area contributed by atoms with Gasteiger partial charge in [0.2, 0.25) is 0 Å². The number of hydrogen-bond donors (Lipinski definition) is 2. The van der Waals surface area contributed by atoms with Crippen LogP contribution in [0.2, 0.25) is 0 Å². The normalized spacial score (nSPS) is 12.5. The molecule has 0 bridgehead atoms. The number of phenols is 1. The average Bonchev–Trinajstić information content (AvgIpc) is 2.97. The van der Waals surface area contributed by atoms with Crippen molar-refractivity contribution in [3.63, 3.8) is 0 Å². The van der Waals surface area contributed by atoms with Gasteiger partial charge in [0.25, 0.3) is 0 Å². The van der Waals surface area contributed by atoms with Gasteiger partial charge in [0.1, 0.15) is 22.5 Å². The number of carbonyl (C=O) groups is 1. The lowest BCUT2D eigenvalue weighted by atomic mass is 9.79. The third-order valence-electron chi connectivity index (χ3n) is 4.66. The molecule has 3 aromatic rings. The molecule has 1 aromatic heterocycles. The van der Waals surface area contributed by atoms with Gasteiger partial charge in [-0.1, -0.05) is 39.0 Å². The Bertz CT molecular complexity index is 964. The van der Waals surface area contributed by atoms with Gasteiger partial charge in [0, 0.05) is 5.56 Å². The minimum Gasteiger partial charge on any atom is -0.505 e. The quantitative estimate of drug-likeness (QED) is 0.748. The summed E-state index contributed by atoms with van der Waals surface area (Å²) in [5, 5.41) is 29.4. The second-order valence-electron chi connectivity index (χ2n) is 8.05. The van der Waals surface area contributed by atoms with Crippen LogP contribution in [-0.2, 0) is 15.6 Å². The molecule has 3 rings (SSSR count). The molecule has 0 aliphatic heterocycles. The molecule has 0 aliphatic carbocycles. The van der Waals surface area contributed by atoms with Crippen LogP contribution < -0.4 is 0 Å². The molecular formula is C20H23N3O3. The molecule has 2 aromatic carbocycles. The minimum absolute atomic E-state index is 0.0581. The van der Waals surface area contributed by atoms with Crippen LogP contribution in [0.3, 0.4) is 0 Å². The van der Waals surface area contributed by atoms with E-state index in [0.717, 1.165) is 0 Å². The van der Waals surface area contributed by atoms with Crippen molar-refractivity contribution in [3.05, 3.63) is 47.5 Å². The lowest BCUT2D eigenvalue weighted by molar-refractivity contribution is -0.142. The molecule has 0 spiro atoms. The summed E-state index contributed by atoms with van der Waals surface area (Å²) < 4.78 is 0. The average molecular weight is 353 g/mol. The number of nitrogens with zero attached hydrogens (tertiary/aromatic N) is 3. The van der Waals surface area contributed by atoms with Crippen LogP contribution in [0.25, 0.3) is 16.7 Å². The number of benzene rings is 2. The molecule has 0 amide bonds. The predicted octanol–water partition coefficient (Wildman–Crippen LogP) is 3.79. The molecule has 2 N–H and O–H groups in total. The van der Waals surface area contributed by atoms with Gasteiger partial charge in [-0.3, -0.25) is 4.79 Å². The number of aliphatic carboxylic acids is 1. The highest BCUT2D eigenvalue weighted by Gasteiger charge is 2.33. The van der Waals surface area contributed by atoms with E-state index in [1.54, 1.807) is 26.0 Å². The maximum Gasteiger partial charge on any atom is 0.313 e. The van der Waals surface area contributed by atoms with E-state index < -0.39 is 11.4 Å². The van der Waals surface area contributed by atoms with Gasteiger partial charge >= 0.3 is 5.97 Å². The van der Waals surface area contributed by atoms with Gasteiger partial charge in [-0.15, -0.1) is 15.0 Å². The predicted molar refractivity (Wildman–Crippen MR) is 99.9 cm³/mol. The topological polar surface area (TPSA) is 88.2 Å². The van der Waals surface area contributed by atoms with Crippen molar-refractivity contribution in [2.45, 2.75) is 45.4 Å². The summed E-state index contributed by atoms with van der Waals surface area (Å²) in [6, 6.07) is 10.8. The largest absolute Gasteiger partial charge is 0.505 e. The highest BCUT2D eigenvalue weighted by atomic mass is 16.4. The van der Waals surface area contributed by atoms with Gasteiger partial charge in [-0.05, 0) is 43.0 Å². The number of phenolic OH excluding ortho intramolecular Hbond substituents is 1. The lowest BCUT2D eigenvalue weighted by Gasteiger charge is -2.27. The van der Waals surface area contributed by atoms with E-state index in [-0.39, 0.29) is 11.2 Å². The first-order chi connectivity index (χ1) is 12.0. The number of carboxylic acids is 1. The van der Waals surface area contributed by atoms with E-state index in [2.05, 4.69) is 10.2 Å². The summed E-state index contributed by atoms with van der Waals surface area (Å²) in [5.41, 5.74) is 1.52. The van der Waals surface area contributed by atoms with Crippen LogP contribution in [0.4, 0.5) is 0 Å². The standard InChI is InChI=1S/C20H23N3O3/c1-19(2,3)13-10-12(20(4,5)18(25)26)11-16(17(13)24)23-21-14-8-6-7-9-15(14)22-23/h6-11,24H,1-5H3,(H,25,26). The highest BCUT2D eigenvalue weighted by molar-refractivity contribution is 5.81. The molecule has 26 heavy (non-hydrogen) atoms. The number of fused-ring (bicyclic) bond motifs is 1. The SMILES string of the molecule is CC(C)(C)c1cc(C(C)(C)C(=O)O)cc(-n2nc3ccccc3n2)c1O. The summed E-state index contributed by atoms with van der Waals surface area (Å²) in [7, 11) is 0. The fraction of sp³-hybridized carbons (Fsp3) is 0.350. The fourth-order valence-electron chi connectivity index (χ4n) is 2.80. The van der Waals surface area contributed by atoms with Gasteiger partial charge < -0.3 is 10.2 Å². The summed E-state index contributed by atoms with van der Waals surface area (Å²) >= 11 is 0. The van der Waals surface area contributed by atoms with E-state index >= 15 is 0 Å². The molecule has 6 heteroatoms. The molecule has 1 heterocycles. The molecule has 6 nitrogen and oxygen atoms in total. The van der Waals surface area contributed by atoms with Gasteiger partial charge in [0.05, 0.1) is 5.41 Å². The zero-order valence-corrected chi connectivity index (χ0v) is 15.6. The molecule has 0 saturated heterocycles. The molecule has 0 radical (unpaired) electrons. The van der Waals surface area contributed by atoms with Crippen LogP contribution in [-0.4, -0.2) is 31.2 Å². The smallest absolute Gasteiger partial charge is 0.313 e. The Morgan fingerprint density at radius 1 is 1.00 bits per heavy atom. The Balaban J connectivity index is 2.31. The molecule has 0 aliphatic rings. The van der Waals surface area contributed by atoms with Crippen LogP contribution >= 0.6 is 0 Å². The third kappa shape index (κ3) is 2.92. The highest BCUT2D eigenvalue weighted by Crippen LogP contribution is 2.39. The van der Waals surface area contributed by atoms with Crippen molar-refractivity contribution in [2.75, 3.05) is 0 Å². The van der Waals surface area contributed by atoms with Crippen molar-refractivity contribution in [1.82, 2.24) is 15.0 Å². The van der Waals surface area contributed by atoms with Crippen molar-refractivity contribution < 1.29 is 15.0 Å². The Kier molecular flexibility index (Phi) is 4.02. The van der Waals surface area contributed by atoms with E-state index in [1.807, 2.05) is 45.0 Å². The van der Waals surface area contributed by atoms with Gasteiger partial charge in [0.15, 0.2) is 0 Å². The van der Waals surface area contributed by atoms with Crippen molar-refractivity contribution in [2.24, 2.45) is 0 Å². The van der Waals surface area contributed by atoms with E-state index in [0.29, 0.717) is 27.8 Å². The monoisotopic (exact) mass is 353 g/mol. The zero-order valence-electron chi connectivity index (χ0n) is 15.6. The molecule has 0 unspecified atom stereocenters. The van der Waals surface area contributed by atoms with Gasteiger partial charge in [-0.25, -0.2) is 0 Å². The lowest BCUT2D eigenvalue weighted by Crippen LogP contribution is -2.29. The Morgan fingerprint density at radius 2 is 1.54 bits per heavy atom. The Hall–Kier alpha value is -2.89. The first-order valence-electron chi connectivity index (χ1n) is 8.45. The maximum atomic E-state index is 11.8. The number of aromatic hydroxyl groups is 1. The van der Waals surface area contributed by atoms with E-state index in [1.165, 1.54) is 4.80 Å². The number of rotatable bonds is 3. The minimum atomic E-state index is -1.12. The fourth-order valence-corrected chi connectivity index (χ4v) is 2.80. The summed E-state index contributed by atoms with van der Waals surface area (Å²) in [6.07, 6.45) is 0. The third-order valence-corrected chi connectivity index (χ3v) is 4.66. The summed E-state index contributed by atoms with van der Waals surface area (Å²) in [5.74, 6) is -0.879. The second kappa shape index (κ2) is 5.83. The van der Waals surface area contributed by atoms with Crippen molar-refractivity contribution in [3.8, 4) is 11.4 Å².